The zero-order valence-electron chi connectivity index (χ0n) is 23.5. The maximum Gasteiger partial charge on any atom is 0.573 e. The Balaban J connectivity index is 1.17. The van der Waals surface area contributed by atoms with Crippen molar-refractivity contribution in [3.63, 3.8) is 0 Å². The largest absolute Gasteiger partial charge is 0.573 e. The minimum Gasteiger partial charge on any atom is -0.456 e. The zero-order chi connectivity index (χ0) is 31.3. The van der Waals surface area contributed by atoms with Gasteiger partial charge in [-0.15, -0.1) is 18.3 Å². The van der Waals surface area contributed by atoms with E-state index in [2.05, 4.69) is 37.0 Å². The van der Waals surface area contributed by atoms with Gasteiger partial charge in [0.25, 0.3) is 0 Å². The molecule has 0 atom stereocenters. The van der Waals surface area contributed by atoms with Crippen molar-refractivity contribution in [2.75, 3.05) is 17.4 Å². The summed E-state index contributed by atoms with van der Waals surface area (Å²) >= 11 is 1.20. The smallest absolute Gasteiger partial charge is 0.456 e. The normalized spacial score (nSPS) is 14.2. The topological polar surface area (TPSA) is 124 Å². The Kier molecular flexibility index (Phi) is 9.13. The van der Waals surface area contributed by atoms with E-state index in [0.717, 1.165) is 29.7 Å². The fourth-order valence-corrected chi connectivity index (χ4v) is 5.12. The van der Waals surface area contributed by atoms with Gasteiger partial charge in [-0.3, -0.25) is 9.69 Å². The first-order chi connectivity index (χ1) is 21.1. The van der Waals surface area contributed by atoms with Crippen molar-refractivity contribution in [3.8, 4) is 28.7 Å². The number of nitrogens with one attached hydrogen (secondary N) is 1. The molecule has 0 aliphatic carbocycles. The fourth-order valence-electron chi connectivity index (χ4n) is 4.26. The van der Waals surface area contributed by atoms with Crippen molar-refractivity contribution < 1.29 is 32.2 Å². The number of nitrogens with zero attached hydrogens (tertiary/aromatic N) is 6. The van der Waals surface area contributed by atoms with Gasteiger partial charge in [0.05, 0.1) is 17.1 Å². The van der Waals surface area contributed by atoms with E-state index in [9.17, 15) is 22.8 Å². The second kappa shape index (κ2) is 13.2. The van der Waals surface area contributed by atoms with E-state index >= 15 is 0 Å². The maximum atomic E-state index is 12.7. The molecule has 228 valence electrons. The van der Waals surface area contributed by atoms with Crippen LogP contribution in [0, 0.1) is 6.92 Å². The average Bonchev–Trinajstić information content (AvgIpc) is 3.61. The Labute approximate surface area is 254 Å². The number of ether oxygens (including phenoxy) is 2. The molecule has 0 bridgehead atoms. The molecule has 1 aliphatic rings. The Morgan fingerprint density at radius 2 is 1.91 bits per heavy atom. The second-order valence-electron chi connectivity index (χ2n) is 9.50. The number of aryl methyl sites for hydroxylation is 2. The molecule has 1 aliphatic heterocycles. The molecule has 5 rings (SSSR count). The zero-order valence-corrected chi connectivity index (χ0v) is 24.4. The third-order valence-electron chi connectivity index (χ3n) is 6.23. The van der Waals surface area contributed by atoms with Crippen molar-refractivity contribution in [1.82, 2.24) is 25.1 Å². The van der Waals surface area contributed by atoms with Crippen LogP contribution in [0.3, 0.4) is 0 Å². The molecular formula is C29H26F3N7O4S. The minimum atomic E-state index is -4.77. The second-order valence-corrected chi connectivity index (χ2v) is 10.4. The summed E-state index contributed by atoms with van der Waals surface area (Å²) in [6, 6.07) is 13.7. The number of thioether (sulfide) groups is 1. The Morgan fingerprint density at radius 3 is 2.61 bits per heavy atom. The molecule has 44 heavy (non-hydrogen) atoms. The number of carbonyl (C=O) groups excluding carboxylic acids is 2. The van der Waals surface area contributed by atoms with Crippen LogP contribution in [0.2, 0.25) is 0 Å². The summed E-state index contributed by atoms with van der Waals surface area (Å²) in [5, 5.41) is 7.17. The van der Waals surface area contributed by atoms with Gasteiger partial charge in [-0.05, 0) is 60.9 Å². The first-order valence-electron chi connectivity index (χ1n) is 13.4. The van der Waals surface area contributed by atoms with E-state index in [-0.39, 0.29) is 30.0 Å². The fraction of sp³-hybridized carbons (Fsp3) is 0.241. The predicted octanol–water partition coefficient (Wildman–Crippen LogP) is 5.67. The van der Waals surface area contributed by atoms with Crippen molar-refractivity contribution in [2.24, 2.45) is 4.99 Å². The molecular weight excluding hydrogens is 599 g/mol. The molecule has 15 heteroatoms. The molecule has 0 saturated carbocycles. The van der Waals surface area contributed by atoms with Crippen LogP contribution in [0.4, 0.5) is 23.7 Å². The molecule has 1 N–H and O–H groups in total. The number of alkyl halides is 3. The molecule has 11 nitrogen and oxygen atoms in total. The molecule has 3 heterocycles. The first-order valence-corrected chi connectivity index (χ1v) is 14.4. The Hall–Kier alpha value is -4.92. The summed E-state index contributed by atoms with van der Waals surface area (Å²) in [5.74, 6) is 0.250. The lowest BCUT2D eigenvalue weighted by Crippen LogP contribution is -2.33. The molecule has 0 radical (unpaired) electrons. The highest BCUT2D eigenvalue weighted by Crippen LogP contribution is 2.31. The summed E-state index contributed by atoms with van der Waals surface area (Å²) in [6.45, 7) is 3.79. The Bertz CT molecular complexity index is 1680. The van der Waals surface area contributed by atoms with Crippen LogP contribution in [0.15, 0.2) is 72.1 Å². The quantitative estimate of drug-likeness (QED) is 0.236. The molecule has 0 spiro atoms. The van der Waals surface area contributed by atoms with Gasteiger partial charge in [0.1, 0.15) is 12.1 Å². The Morgan fingerprint density at radius 1 is 1.11 bits per heavy atom. The van der Waals surface area contributed by atoms with Crippen LogP contribution in [-0.2, 0) is 11.2 Å². The van der Waals surface area contributed by atoms with Crippen molar-refractivity contribution in [1.29, 1.82) is 0 Å². The SMILES string of the molecule is CCCc1ccc(C)cc1N1C(=O)CS/C1=N\C(=O)NCOc1ccc(-c2ncn(-c3ccc(OC(F)(F)F)cc3)n2)cn1. The van der Waals surface area contributed by atoms with E-state index in [1.54, 1.807) is 12.1 Å². The predicted molar refractivity (Wildman–Crippen MR) is 158 cm³/mol. The van der Waals surface area contributed by atoms with Crippen LogP contribution in [0.5, 0.6) is 11.6 Å². The number of anilines is 1. The third kappa shape index (κ3) is 7.53. The lowest BCUT2D eigenvalue weighted by atomic mass is 10.0. The highest BCUT2D eigenvalue weighted by molar-refractivity contribution is 8.15. The van der Waals surface area contributed by atoms with Crippen molar-refractivity contribution in [3.05, 3.63) is 78.2 Å². The molecule has 2 aromatic carbocycles. The van der Waals surface area contributed by atoms with Crippen molar-refractivity contribution >= 4 is 34.6 Å². The van der Waals surface area contributed by atoms with E-state index < -0.39 is 12.4 Å². The number of rotatable bonds is 9. The minimum absolute atomic E-state index is 0.141. The number of halogens is 3. The summed E-state index contributed by atoms with van der Waals surface area (Å²) in [4.78, 5) is 39.3. The summed E-state index contributed by atoms with van der Waals surface area (Å²) < 4.78 is 47.9. The first kappa shape index (κ1) is 30.5. The number of hydrogen-bond acceptors (Lipinski definition) is 8. The van der Waals surface area contributed by atoms with Crippen LogP contribution >= 0.6 is 11.8 Å². The highest BCUT2D eigenvalue weighted by Gasteiger charge is 2.32. The van der Waals surface area contributed by atoms with Gasteiger partial charge in [-0.2, -0.15) is 4.99 Å². The van der Waals surface area contributed by atoms with E-state index in [1.807, 2.05) is 25.1 Å². The van der Waals surface area contributed by atoms with Gasteiger partial charge in [0.15, 0.2) is 17.7 Å². The molecule has 3 amide bonds. The lowest BCUT2D eigenvalue weighted by molar-refractivity contribution is -0.274. The van der Waals surface area contributed by atoms with E-state index in [4.69, 9.17) is 4.74 Å². The average molecular weight is 626 g/mol. The number of hydrogen-bond donors (Lipinski definition) is 1. The van der Waals surface area contributed by atoms with Crippen LogP contribution in [-0.4, -0.2) is 55.7 Å². The van der Waals surface area contributed by atoms with E-state index in [0.29, 0.717) is 22.2 Å². The number of urea groups is 1. The lowest BCUT2D eigenvalue weighted by Gasteiger charge is -2.20. The van der Waals surface area contributed by atoms with Gasteiger partial charge in [0.2, 0.25) is 11.8 Å². The summed E-state index contributed by atoms with van der Waals surface area (Å²) in [6.07, 6.45) is -0.183. The number of amides is 3. The highest BCUT2D eigenvalue weighted by atomic mass is 32.2. The summed E-state index contributed by atoms with van der Waals surface area (Å²) in [5.41, 5.74) is 3.79. The number of aromatic nitrogens is 4. The number of benzene rings is 2. The maximum absolute atomic E-state index is 12.7. The molecule has 1 fully saturated rings. The molecule has 2 aromatic heterocycles. The molecule has 0 unspecified atom stereocenters. The van der Waals surface area contributed by atoms with Gasteiger partial charge >= 0.3 is 12.4 Å². The van der Waals surface area contributed by atoms with Gasteiger partial charge in [0, 0.05) is 17.8 Å². The van der Waals surface area contributed by atoms with Crippen LogP contribution in [0.1, 0.15) is 24.5 Å². The number of pyridine rings is 1. The monoisotopic (exact) mass is 625 g/mol. The standard InChI is InChI=1S/C29H26F3N7O4S/c1-3-4-19-6-5-18(2)13-23(19)39-25(40)15-44-28(39)36-27(41)35-17-42-24-12-7-20(14-33-24)26-34-16-38(37-26)21-8-10-22(11-9-21)43-29(30,31)32/h5-14,16H,3-4,15,17H2,1-2H3,(H,35,41)/b36-28-. The van der Waals surface area contributed by atoms with Crippen LogP contribution in [0.25, 0.3) is 17.1 Å². The number of amidine groups is 1. The number of aliphatic imine (C=N–C) groups is 1. The van der Waals surface area contributed by atoms with Gasteiger partial charge < -0.3 is 14.8 Å². The van der Waals surface area contributed by atoms with E-state index in [1.165, 1.54) is 58.1 Å². The van der Waals surface area contributed by atoms with Crippen LogP contribution < -0.4 is 19.7 Å². The molecule has 1 saturated heterocycles. The van der Waals surface area contributed by atoms with Gasteiger partial charge in [-0.25, -0.2) is 19.4 Å². The third-order valence-corrected chi connectivity index (χ3v) is 7.15. The van der Waals surface area contributed by atoms with Gasteiger partial charge in [-0.1, -0.05) is 37.2 Å². The van der Waals surface area contributed by atoms with Crippen molar-refractivity contribution in [2.45, 2.75) is 33.1 Å². The number of carbonyl (C=O) groups is 2. The molecule has 4 aromatic rings. The summed E-state index contributed by atoms with van der Waals surface area (Å²) in [7, 11) is 0.